The second kappa shape index (κ2) is 9.71. The maximum atomic E-state index is 12.7. The Morgan fingerprint density at radius 1 is 1.29 bits per heavy atom. The molecule has 1 aliphatic heterocycles. The van der Waals surface area contributed by atoms with E-state index in [-0.39, 0.29) is 17.1 Å². The zero-order valence-corrected chi connectivity index (χ0v) is 19.8. The summed E-state index contributed by atoms with van der Waals surface area (Å²) in [6, 6.07) is 16.0. The smallest absolute Gasteiger partial charge is 0.262 e. The van der Waals surface area contributed by atoms with Gasteiger partial charge in [0, 0.05) is 23.4 Å². The first-order valence-corrected chi connectivity index (χ1v) is 12.6. The van der Waals surface area contributed by atoms with Crippen molar-refractivity contribution >= 4 is 33.4 Å². The summed E-state index contributed by atoms with van der Waals surface area (Å²) >= 11 is 6.32. The summed E-state index contributed by atoms with van der Waals surface area (Å²) in [6.07, 6.45) is 3.49. The van der Waals surface area contributed by atoms with E-state index in [1.165, 1.54) is 13.2 Å². The number of hydrogen-bond acceptors (Lipinski definition) is 6. The van der Waals surface area contributed by atoms with Gasteiger partial charge in [-0.3, -0.25) is 4.79 Å². The minimum absolute atomic E-state index is 0.0236. The standard InChI is InChI=1S/C24H21ClN4O4S/c1-33-22-8-7-16(12-21(22)25)23-18(14-29(28-23)20-5-3-2-4-6-20)11-17(13-26)24(30)27-19-9-10-34(31,32)15-19/h2-8,11-12,14,19H,9-10,15H2,1H3,(H,27,30)/b17-11+. The van der Waals surface area contributed by atoms with Crippen LogP contribution >= 0.6 is 11.6 Å². The molecule has 174 valence electrons. The van der Waals surface area contributed by atoms with E-state index < -0.39 is 21.8 Å². The maximum absolute atomic E-state index is 12.7. The quantitative estimate of drug-likeness (QED) is 0.413. The Morgan fingerprint density at radius 3 is 2.68 bits per heavy atom. The summed E-state index contributed by atoms with van der Waals surface area (Å²) in [6.45, 7) is 0. The minimum Gasteiger partial charge on any atom is -0.495 e. The van der Waals surface area contributed by atoms with E-state index >= 15 is 0 Å². The maximum Gasteiger partial charge on any atom is 0.262 e. The molecular weight excluding hydrogens is 476 g/mol. The number of nitrogens with zero attached hydrogens (tertiary/aromatic N) is 3. The van der Waals surface area contributed by atoms with Crippen molar-refractivity contribution in [2.45, 2.75) is 12.5 Å². The Balaban J connectivity index is 1.73. The molecular formula is C24H21ClN4O4S. The Hall–Kier alpha value is -3.61. The van der Waals surface area contributed by atoms with Gasteiger partial charge in [-0.1, -0.05) is 29.8 Å². The molecule has 0 spiro atoms. The van der Waals surface area contributed by atoms with Crippen molar-refractivity contribution in [1.29, 1.82) is 5.26 Å². The molecule has 34 heavy (non-hydrogen) atoms. The zero-order chi connectivity index (χ0) is 24.3. The highest BCUT2D eigenvalue weighted by atomic mass is 35.5. The first kappa shape index (κ1) is 23.5. The van der Waals surface area contributed by atoms with Crippen LogP contribution in [0.3, 0.4) is 0 Å². The van der Waals surface area contributed by atoms with Gasteiger partial charge in [0.05, 0.1) is 29.3 Å². The first-order chi connectivity index (χ1) is 16.3. The van der Waals surface area contributed by atoms with Gasteiger partial charge < -0.3 is 10.1 Å². The van der Waals surface area contributed by atoms with Crippen LogP contribution < -0.4 is 10.1 Å². The number of carbonyl (C=O) groups is 1. The number of ether oxygens (including phenoxy) is 1. The third-order valence-corrected chi connectivity index (χ3v) is 7.48. The van der Waals surface area contributed by atoms with Crippen LogP contribution in [0.25, 0.3) is 23.0 Å². The SMILES string of the molecule is COc1ccc(-c2nn(-c3ccccc3)cc2/C=C(\C#N)C(=O)NC2CCS(=O)(=O)C2)cc1Cl. The normalized spacial score (nSPS) is 17.2. The summed E-state index contributed by atoms with van der Waals surface area (Å²) in [5, 5.41) is 17.4. The van der Waals surface area contributed by atoms with Crippen molar-refractivity contribution < 1.29 is 17.9 Å². The Labute approximate surface area is 202 Å². The summed E-state index contributed by atoms with van der Waals surface area (Å²) in [5.74, 6) is -0.223. The lowest BCUT2D eigenvalue weighted by Crippen LogP contribution is -2.36. The first-order valence-electron chi connectivity index (χ1n) is 10.4. The Kier molecular flexibility index (Phi) is 6.72. The molecule has 1 unspecified atom stereocenters. The van der Waals surface area contributed by atoms with Crippen LogP contribution in [0.1, 0.15) is 12.0 Å². The third kappa shape index (κ3) is 5.14. The molecule has 1 aromatic heterocycles. The molecule has 8 nitrogen and oxygen atoms in total. The van der Waals surface area contributed by atoms with Gasteiger partial charge in [-0.25, -0.2) is 13.1 Å². The van der Waals surface area contributed by atoms with Gasteiger partial charge in [0.2, 0.25) is 0 Å². The van der Waals surface area contributed by atoms with E-state index in [4.69, 9.17) is 16.3 Å². The topological polar surface area (TPSA) is 114 Å². The van der Waals surface area contributed by atoms with Gasteiger partial charge in [-0.2, -0.15) is 10.4 Å². The molecule has 0 aliphatic carbocycles. The molecule has 1 saturated heterocycles. The van der Waals surface area contributed by atoms with Gasteiger partial charge in [0.15, 0.2) is 9.84 Å². The fraction of sp³-hybridized carbons (Fsp3) is 0.208. The molecule has 1 amide bonds. The van der Waals surface area contributed by atoms with E-state index in [0.717, 1.165) is 5.69 Å². The van der Waals surface area contributed by atoms with E-state index in [1.54, 1.807) is 29.1 Å². The number of aromatic nitrogens is 2. The highest BCUT2D eigenvalue weighted by molar-refractivity contribution is 7.91. The number of nitrogens with one attached hydrogen (secondary N) is 1. The molecule has 10 heteroatoms. The van der Waals surface area contributed by atoms with Crippen molar-refractivity contribution in [3.05, 3.63) is 70.9 Å². The molecule has 3 aromatic rings. The van der Waals surface area contributed by atoms with Crippen molar-refractivity contribution in [3.63, 3.8) is 0 Å². The highest BCUT2D eigenvalue weighted by Gasteiger charge is 2.29. The van der Waals surface area contributed by atoms with Crippen LogP contribution in [-0.2, 0) is 14.6 Å². The van der Waals surface area contributed by atoms with Crippen molar-refractivity contribution in [1.82, 2.24) is 15.1 Å². The molecule has 1 N–H and O–H groups in total. The molecule has 4 rings (SSSR count). The predicted molar refractivity (Wildman–Crippen MR) is 129 cm³/mol. The van der Waals surface area contributed by atoms with Crippen LogP contribution in [-0.4, -0.2) is 48.8 Å². The van der Waals surface area contributed by atoms with Crippen LogP contribution in [0.15, 0.2) is 60.3 Å². The van der Waals surface area contributed by atoms with Gasteiger partial charge >= 0.3 is 0 Å². The highest BCUT2D eigenvalue weighted by Crippen LogP contribution is 2.32. The van der Waals surface area contributed by atoms with Gasteiger partial charge in [0.25, 0.3) is 5.91 Å². The number of benzene rings is 2. The number of methoxy groups -OCH3 is 1. The van der Waals surface area contributed by atoms with E-state index in [2.05, 4.69) is 10.4 Å². The summed E-state index contributed by atoms with van der Waals surface area (Å²) in [5.41, 5.74) is 2.35. The van der Waals surface area contributed by atoms with Gasteiger partial charge in [-0.05, 0) is 42.8 Å². The van der Waals surface area contributed by atoms with Crippen LogP contribution in [0, 0.1) is 11.3 Å². The number of carbonyl (C=O) groups excluding carboxylic acids is 1. The van der Waals surface area contributed by atoms with Crippen LogP contribution in [0.5, 0.6) is 5.75 Å². The lowest BCUT2D eigenvalue weighted by Gasteiger charge is -2.10. The Bertz CT molecular complexity index is 1410. The fourth-order valence-corrected chi connectivity index (χ4v) is 5.65. The number of halogens is 1. The van der Waals surface area contributed by atoms with Crippen molar-refractivity contribution in [2.24, 2.45) is 0 Å². The fourth-order valence-electron chi connectivity index (χ4n) is 3.72. The minimum atomic E-state index is -3.17. The number of amides is 1. The van der Waals surface area contributed by atoms with Crippen molar-refractivity contribution in [2.75, 3.05) is 18.6 Å². The summed E-state index contributed by atoms with van der Waals surface area (Å²) in [7, 11) is -1.65. The molecule has 0 saturated carbocycles. The van der Waals surface area contributed by atoms with Crippen LogP contribution in [0.2, 0.25) is 5.02 Å². The number of para-hydroxylation sites is 1. The lowest BCUT2D eigenvalue weighted by atomic mass is 10.1. The predicted octanol–water partition coefficient (Wildman–Crippen LogP) is 3.41. The summed E-state index contributed by atoms with van der Waals surface area (Å²) in [4.78, 5) is 12.7. The van der Waals surface area contributed by atoms with Crippen LogP contribution in [0.4, 0.5) is 0 Å². The molecule has 1 aliphatic rings. The monoisotopic (exact) mass is 496 g/mol. The molecule has 2 heterocycles. The van der Waals surface area contributed by atoms with Crippen molar-refractivity contribution in [3.8, 4) is 28.8 Å². The second-order valence-corrected chi connectivity index (χ2v) is 10.4. The second-order valence-electron chi connectivity index (χ2n) is 7.81. The Morgan fingerprint density at radius 2 is 2.06 bits per heavy atom. The van der Waals surface area contributed by atoms with E-state index in [0.29, 0.717) is 34.0 Å². The molecule has 0 radical (unpaired) electrons. The number of sulfone groups is 1. The third-order valence-electron chi connectivity index (χ3n) is 5.42. The van der Waals surface area contributed by atoms with Gasteiger partial charge in [-0.15, -0.1) is 0 Å². The van der Waals surface area contributed by atoms with Gasteiger partial charge in [0.1, 0.15) is 23.1 Å². The molecule has 1 fully saturated rings. The number of nitriles is 1. The molecule has 1 atom stereocenters. The molecule has 0 bridgehead atoms. The number of hydrogen-bond donors (Lipinski definition) is 1. The number of rotatable bonds is 6. The summed E-state index contributed by atoms with van der Waals surface area (Å²) < 4.78 is 30.3. The van der Waals surface area contributed by atoms with E-state index in [1.807, 2.05) is 36.4 Å². The zero-order valence-electron chi connectivity index (χ0n) is 18.2. The van der Waals surface area contributed by atoms with E-state index in [9.17, 15) is 18.5 Å². The molecule has 2 aromatic carbocycles. The average molecular weight is 497 g/mol. The lowest BCUT2D eigenvalue weighted by molar-refractivity contribution is -0.117. The average Bonchev–Trinajstić information content (AvgIpc) is 3.40. The largest absolute Gasteiger partial charge is 0.495 e.